The molecular formula is C11H14N2O5. The zero-order valence-electron chi connectivity index (χ0n) is 9.92. The lowest BCUT2D eigenvalue weighted by Crippen LogP contribution is -2.37. The molecule has 1 saturated heterocycles. The zero-order chi connectivity index (χ0) is 13.1. The number of hydrogen-bond donors (Lipinski definition) is 1. The maximum Gasteiger partial charge on any atom is 0.330 e. The van der Waals surface area contributed by atoms with Gasteiger partial charge in [0.15, 0.2) is 0 Å². The second-order valence-electron chi connectivity index (χ2n) is 4.11. The Balaban J connectivity index is 2.03. The Morgan fingerprint density at radius 2 is 2.28 bits per heavy atom. The number of aromatic nitrogens is 2. The highest BCUT2D eigenvalue weighted by molar-refractivity contribution is 5.66. The predicted octanol–water partition coefficient (Wildman–Crippen LogP) is -0.223. The summed E-state index contributed by atoms with van der Waals surface area (Å²) in [6.07, 6.45) is 1.87. The van der Waals surface area contributed by atoms with Crippen LogP contribution in [0.4, 0.5) is 0 Å². The third-order valence-corrected chi connectivity index (χ3v) is 2.70. The Bertz CT molecular complexity index is 539. The highest BCUT2D eigenvalue weighted by atomic mass is 16.6. The van der Waals surface area contributed by atoms with Crippen LogP contribution in [-0.2, 0) is 14.3 Å². The minimum Gasteiger partial charge on any atom is -0.460 e. The number of rotatable bonds is 2. The van der Waals surface area contributed by atoms with Crippen molar-refractivity contribution in [1.29, 1.82) is 0 Å². The van der Waals surface area contributed by atoms with Crippen LogP contribution in [-0.4, -0.2) is 28.2 Å². The molecule has 0 amide bonds. The van der Waals surface area contributed by atoms with Gasteiger partial charge in [-0.25, -0.2) is 4.79 Å². The molecule has 7 heteroatoms. The number of ether oxygens (including phenoxy) is 2. The zero-order valence-corrected chi connectivity index (χ0v) is 9.92. The van der Waals surface area contributed by atoms with Crippen LogP contribution in [0.1, 0.15) is 26.0 Å². The average molecular weight is 254 g/mol. The molecule has 0 radical (unpaired) electrons. The summed E-state index contributed by atoms with van der Waals surface area (Å²) in [6.45, 7) is 1.59. The first kappa shape index (κ1) is 12.6. The summed E-state index contributed by atoms with van der Waals surface area (Å²) < 4.78 is 11.8. The standard InChI is InChI=1S/C11H14N2O5/c1-7(14)18-8-2-3-10(17-6-8)13-5-4-9(15)12-11(13)16/h4-5,8,10H,2-3,6H2,1H3,(H,12,15,16). The van der Waals surface area contributed by atoms with Crippen LogP contribution in [0, 0.1) is 0 Å². The van der Waals surface area contributed by atoms with Gasteiger partial charge in [0, 0.05) is 19.2 Å². The summed E-state index contributed by atoms with van der Waals surface area (Å²) in [7, 11) is 0. The third kappa shape index (κ3) is 2.86. The van der Waals surface area contributed by atoms with Crippen LogP contribution in [0.3, 0.4) is 0 Å². The lowest BCUT2D eigenvalue weighted by molar-refractivity contribution is -0.160. The molecule has 2 rings (SSSR count). The first-order valence-corrected chi connectivity index (χ1v) is 5.66. The number of carbonyl (C=O) groups is 1. The highest BCUT2D eigenvalue weighted by Crippen LogP contribution is 2.22. The van der Waals surface area contributed by atoms with E-state index in [-0.39, 0.29) is 18.7 Å². The van der Waals surface area contributed by atoms with Crippen molar-refractivity contribution in [3.8, 4) is 0 Å². The summed E-state index contributed by atoms with van der Waals surface area (Å²) in [5, 5.41) is 0. The van der Waals surface area contributed by atoms with Crippen molar-refractivity contribution in [3.05, 3.63) is 33.1 Å². The molecule has 0 bridgehead atoms. The number of nitrogens with zero attached hydrogens (tertiary/aromatic N) is 1. The van der Waals surface area contributed by atoms with Gasteiger partial charge in [0.2, 0.25) is 0 Å². The van der Waals surface area contributed by atoms with E-state index in [1.54, 1.807) is 0 Å². The van der Waals surface area contributed by atoms with Crippen molar-refractivity contribution >= 4 is 5.97 Å². The minimum absolute atomic E-state index is 0.246. The lowest BCUT2D eigenvalue weighted by Gasteiger charge is -2.29. The van der Waals surface area contributed by atoms with E-state index in [2.05, 4.69) is 4.98 Å². The molecular weight excluding hydrogens is 240 g/mol. The van der Waals surface area contributed by atoms with Gasteiger partial charge < -0.3 is 9.47 Å². The molecule has 1 aliphatic heterocycles. The van der Waals surface area contributed by atoms with Gasteiger partial charge in [-0.05, 0) is 12.8 Å². The van der Waals surface area contributed by atoms with Crippen LogP contribution in [0.25, 0.3) is 0 Å². The van der Waals surface area contributed by atoms with E-state index < -0.39 is 17.5 Å². The van der Waals surface area contributed by atoms with Gasteiger partial charge in [0.05, 0.1) is 6.61 Å². The van der Waals surface area contributed by atoms with E-state index in [9.17, 15) is 14.4 Å². The number of hydrogen-bond acceptors (Lipinski definition) is 5. The van der Waals surface area contributed by atoms with Crippen molar-refractivity contribution in [1.82, 2.24) is 9.55 Å². The van der Waals surface area contributed by atoms with Crippen LogP contribution >= 0.6 is 0 Å². The normalized spacial score (nSPS) is 23.6. The molecule has 0 aromatic carbocycles. The molecule has 18 heavy (non-hydrogen) atoms. The fourth-order valence-corrected chi connectivity index (χ4v) is 1.91. The molecule has 7 nitrogen and oxygen atoms in total. The topological polar surface area (TPSA) is 90.4 Å². The van der Waals surface area contributed by atoms with Gasteiger partial charge in [0.25, 0.3) is 5.56 Å². The third-order valence-electron chi connectivity index (χ3n) is 2.70. The second kappa shape index (κ2) is 5.18. The van der Waals surface area contributed by atoms with Gasteiger partial charge in [-0.15, -0.1) is 0 Å². The Morgan fingerprint density at radius 3 is 2.83 bits per heavy atom. The largest absolute Gasteiger partial charge is 0.460 e. The van der Waals surface area contributed by atoms with Crippen LogP contribution < -0.4 is 11.2 Å². The van der Waals surface area contributed by atoms with Crippen molar-refractivity contribution in [2.75, 3.05) is 6.61 Å². The van der Waals surface area contributed by atoms with E-state index in [1.807, 2.05) is 0 Å². The first-order valence-electron chi connectivity index (χ1n) is 5.66. The molecule has 0 saturated carbocycles. The second-order valence-corrected chi connectivity index (χ2v) is 4.11. The van der Waals surface area contributed by atoms with Crippen LogP contribution in [0.5, 0.6) is 0 Å². The Labute approximate surface area is 102 Å². The molecule has 1 aromatic heterocycles. The maximum absolute atomic E-state index is 11.5. The Morgan fingerprint density at radius 1 is 1.50 bits per heavy atom. The molecule has 1 N–H and O–H groups in total. The molecule has 0 spiro atoms. The van der Waals surface area contributed by atoms with Crippen molar-refractivity contribution in [2.45, 2.75) is 32.1 Å². The highest BCUT2D eigenvalue weighted by Gasteiger charge is 2.25. The minimum atomic E-state index is -0.501. The summed E-state index contributed by atoms with van der Waals surface area (Å²) in [5.41, 5.74) is -0.941. The SMILES string of the molecule is CC(=O)OC1CCC(n2ccc(=O)[nH]c2=O)OC1. The number of esters is 1. The molecule has 1 fully saturated rings. The molecule has 2 heterocycles. The molecule has 1 aromatic rings. The summed E-state index contributed by atoms with van der Waals surface area (Å²) in [6, 6.07) is 1.27. The summed E-state index contributed by atoms with van der Waals surface area (Å²) in [5.74, 6) is -0.344. The number of H-pyrrole nitrogens is 1. The Hall–Kier alpha value is -1.89. The van der Waals surface area contributed by atoms with Gasteiger partial charge in [0.1, 0.15) is 12.3 Å². The smallest absolute Gasteiger partial charge is 0.330 e. The van der Waals surface area contributed by atoms with Crippen molar-refractivity contribution in [3.63, 3.8) is 0 Å². The first-order chi connectivity index (χ1) is 8.56. The predicted molar refractivity (Wildman–Crippen MR) is 61.1 cm³/mol. The average Bonchev–Trinajstić information content (AvgIpc) is 2.30. The van der Waals surface area contributed by atoms with E-state index in [0.29, 0.717) is 12.8 Å². The van der Waals surface area contributed by atoms with Gasteiger partial charge in [-0.3, -0.25) is 19.1 Å². The molecule has 1 aliphatic rings. The van der Waals surface area contributed by atoms with Gasteiger partial charge >= 0.3 is 11.7 Å². The van der Waals surface area contributed by atoms with Gasteiger partial charge in [-0.2, -0.15) is 0 Å². The molecule has 98 valence electrons. The van der Waals surface area contributed by atoms with Crippen molar-refractivity contribution in [2.24, 2.45) is 0 Å². The molecule has 0 aliphatic carbocycles. The number of carbonyl (C=O) groups excluding carboxylic acids is 1. The van der Waals surface area contributed by atoms with E-state index in [1.165, 1.54) is 23.8 Å². The summed E-state index contributed by atoms with van der Waals surface area (Å²) in [4.78, 5) is 35.4. The molecule has 2 atom stereocenters. The van der Waals surface area contributed by atoms with E-state index in [4.69, 9.17) is 9.47 Å². The number of nitrogens with one attached hydrogen (secondary N) is 1. The van der Waals surface area contributed by atoms with E-state index in [0.717, 1.165) is 0 Å². The fourth-order valence-electron chi connectivity index (χ4n) is 1.91. The van der Waals surface area contributed by atoms with Crippen LogP contribution in [0.15, 0.2) is 21.9 Å². The lowest BCUT2D eigenvalue weighted by atomic mass is 10.1. The fraction of sp³-hybridized carbons (Fsp3) is 0.545. The monoisotopic (exact) mass is 254 g/mol. The maximum atomic E-state index is 11.5. The summed E-state index contributed by atoms with van der Waals surface area (Å²) >= 11 is 0. The van der Waals surface area contributed by atoms with Crippen molar-refractivity contribution < 1.29 is 14.3 Å². The number of aromatic amines is 1. The van der Waals surface area contributed by atoms with Crippen LogP contribution in [0.2, 0.25) is 0 Å². The van der Waals surface area contributed by atoms with E-state index >= 15 is 0 Å². The quantitative estimate of drug-likeness (QED) is 0.737. The Kier molecular flexibility index (Phi) is 3.61. The molecule has 2 unspecified atom stereocenters. The van der Waals surface area contributed by atoms with Gasteiger partial charge in [-0.1, -0.05) is 0 Å².